The number of halogens is 1. The predicted octanol–water partition coefficient (Wildman–Crippen LogP) is 3.68. The van der Waals surface area contributed by atoms with Crippen LogP contribution in [0.3, 0.4) is 0 Å². The largest absolute Gasteiger partial charge is 0.336 e. The van der Waals surface area contributed by atoms with Crippen LogP contribution in [-0.4, -0.2) is 54.3 Å². The zero-order valence-corrected chi connectivity index (χ0v) is 16.4. The minimum atomic E-state index is -0.245. The number of hydrogen-bond donors (Lipinski definition) is 1. The number of nitrogens with zero attached hydrogens (tertiary/aromatic N) is 2. The van der Waals surface area contributed by atoms with Crippen molar-refractivity contribution >= 4 is 29.1 Å². The van der Waals surface area contributed by atoms with E-state index in [1.165, 1.54) is 0 Å². The van der Waals surface area contributed by atoms with Crippen molar-refractivity contribution in [3.63, 3.8) is 0 Å². The van der Waals surface area contributed by atoms with Crippen LogP contribution in [0.15, 0.2) is 42.5 Å². The van der Waals surface area contributed by atoms with Crippen LogP contribution in [0.5, 0.6) is 0 Å². The lowest BCUT2D eigenvalue weighted by Gasteiger charge is -2.34. The average molecular weight is 386 g/mol. The molecule has 27 heavy (non-hydrogen) atoms. The summed E-state index contributed by atoms with van der Waals surface area (Å²) in [7, 11) is 0. The Balaban J connectivity index is 1.71. The number of benzene rings is 2. The van der Waals surface area contributed by atoms with Gasteiger partial charge in [0.15, 0.2) is 0 Å². The van der Waals surface area contributed by atoms with Gasteiger partial charge < -0.3 is 15.1 Å². The molecule has 5 nitrogen and oxygen atoms in total. The summed E-state index contributed by atoms with van der Waals surface area (Å²) in [6.07, 6.45) is 0. The SMILES string of the molecule is CCN1CCN(C(=O)c2cccc(C(=O)Nc3ccc(Cl)cc3C)c2)CC1. The van der Waals surface area contributed by atoms with Crippen LogP contribution < -0.4 is 5.32 Å². The van der Waals surface area contributed by atoms with Gasteiger partial charge in [-0.1, -0.05) is 24.6 Å². The number of carbonyl (C=O) groups is 2. The molecule has 2 aromatic rings. The molecule has 0 radical (unpaired) electrons. The van der Waals surface area contributed by atoms with E-state index in [1.807, 2.05) is 11.8 Å². The maximum absolute atomic E-state index is 12.8. The van der Waals surface area contributed by atoms with E-state index in [2.05, 4.69) is 17.1 Å². The molecule has 1 N–H and O–H groups in total. The number of rotatable bonds is 4. The van der Waals surface area contributed by atoms with Crippen molar-refractivity contribution in [2.75, 3.05) is 38.0 Å². The Labute approximate surface area is 164 Å². The Morgan fingerprint density at radius 3 is 2.41 bits per heavy atom. The normalized spacial score (nSPS) is 14.9. The monoisotopic (exact) mass is 385 g/mol. The third-order valence-electron chi connectivity index (χ3n) is 4.92. The third-order valence-corrected chi connectivity index (χ3v) is 5.15. The number of aryl methyl sites for hydroxylation is 1. The molecule has 6 heteroatoms. The van der Waals surface area contributed by atoms with Crippen molar-refractivity contribution in [3.8, 4) is 0 Å². The first-order valence-electron chi connectivity index (χ1n) is 9.17. The molecule has 0 bridgehead atoms. The number of anilines is 1. The Hall–Kier alpha value is -2.37. The van der Waals surface area contributed by atoms with Gasteiger partial charge in [0.1, 0.15) is 0 Å². The van der Waals surface area contributed by atoms with E-state index in [9.17, 15) is 9.59 Å². The maximum Gasteiger partial charge on any atom is 0.255 e. The van der Waals surface area contributed by atoms with Gasteiger partial charge >= 0.3 is 0 Å². The van der Waals surface area contributed by atoms with Crippen LogP contribution in [0.1, 0.15) is 33.2 Å². The molecular formula is C21H24ClN3O2. The van der Waals surface area contributed by atoms with Crippen LogP contribution in [0.25, 0.3) is 0 Å². The van der Waals surface area contributed by atoms with Crippen LogP contribution >= 0.6 is 11.6 Å². The van der Waals surface area contributed by atoms with Crippen molar-refractivity contribution in [2.24, 2.45) is 0 Å². The van der Waals surface area contributed by atoms with E-state index in [0.717, 1.165) is 25.2 Å². The number of amides is 2. The van der Waals surface area contributed by atoms with Crippen molar-refractivity contribution in [2.45, 2.75) is 13.8 Å². The van der Waals surface area contributed by atoms with Crippen molar-refractivity contribution in [3.05, 3.63) is 64.2 Å². The Morgan fingerprint density at radius 2 is 1.74 bits per heavy atom. The minimum absolute atomic E-state index is 0.0249. The highest BCUT2D eigenvalue weighted by atomic mass is 35.5. The number of nitrogens with one attached hydrogen (secondary N) is 1. The van der Waals surface area contributed by atoms with Crippen molar-refractivity contribution in [1.29, 1.82) is 0 Å². The van der Waals surface area contributed by atoms with E-state index in [-0.39, 0.29) is 11.8 Å². The van der Waals surface area contributed by atoms with Gasteiger partial charge in [0.2, 0.25) is 0 Å². The van der Waals surface area contributed by atoms with Crippen molar-refractivity contribution in [1.82, 2.24) is 9.80 Å². The third kappa shape index (κ3) is 4.67. The molecule has 2 amide bonds. The van der Waals surface area contributed by atoms with Gasteiger partial charge in [-0.2, -0.15) is 0 Å². The van der Waals surface area contributed by atoms with E-state index in [0.29, 0.717) is 34.9 Å². The molecule has 0 spiro atoms. The molecule has 0 aromatic heterocycles. The summed E-state index contributed by atoms with van der Waals surface area (Å²) in [6.45, 7) is 8.22. The molecule has 1 fully saturated rings. The van der Waals surface area contributed by atoms with Gasteiger partial charge in [-0.25, -0.2) is 0 Å². The van der Waals surface area contributed by atoms with Gasteiger partial charge in [-0.05, 0) is 55.4 Å². The first-order chi connectivity index (χ1) is 13.0. The smallest absolute Gasteiger partial charge is 0.255 e. The fraction of sp³-hybridized carbons (Fsp3) is 0.333. The molecule has 0 aliphatic carbocycles. The van der Waals surface area contributed by atoms with E-state index >= 15 is 0 Å². The average Bonchev–Trinajstić information content (AvgIpc) is 2.69. The molecule has 0 atom stereocenters. The molecule has 0 unspecified atom stereocenters. The first-order valence-corrected chi connectivity index (χ1v) is 9.55. The molecule has 1 aliphatic rings. The summed E-state index contributed by atoms with van der Waals surface area (Å²) in [5, 5.41) is 3.51. The molecule has 2 aromatic carbocycles. The van der Waals surface area contributed by atoms with E-state index in [4.69, 9.17) is 11.6 Å². The van der Waals surface area contributed by atoms with Crippen molar-refractivity contribution < 1.29 is 9.59 Å². The quantitative estimate of drug-likeness (QED) is 0.873. The van der Waals surface area contributed by atoms with Gasteiger partial charge in [-0.15, -0.1) is 0 Å². The fourth-order valence-corrected chi connectivity index (χ4v) is 3.43. The van der Waals surface area contributed by atoms with Gasteiger partial charge in [0.05, 0.1) is 0 Å². The van der Waals surface area contributed by atoms with Crippen LogP contribution in [-0.2, 0) is 0 Å². The summed E-state index contributed by atoms with van der Waals surface area (Å²) in [5.41, 5.74) is 2.59. The van der Waals surface area contributed by atoms with Crippen LogP contribution in [0.2, 0.25) is 5.02 Å². The minimum Gasteiger partial charge on any atom is -0.336 e. The lowest BCUT2D eigenvalue weighted by atomic mass is 10.1. The van der Waals surface area contributed by atoms with Crippen LogP contribution in [0.4, 0.5) is 5.69 Å². The highest BCUT2D eigenvalue weighted by Crippen LogP contribution is 2.20. The van der Waals surface area contributed by atoms with Gasteiger partial charge in [0.25, 0.3) is 11.8 Å². The summed E-state index contributed by atoms with van der Waals surface area (Å²) >= 11 is 5.96. The standard InChI is InChI=1S/C21H24ClN3O2/c1-3-24-9-11-25(12-10-24)21(27)17-6-4-5-16(14-17)20(26)23-19-8-7-18(22)13-15(19)2/h4-8,13-14H,3,9-12H2,1-2H3,(H,23,26). The highest BCUT2D eigenvalue weighted by Gasteiger charge is 2.22. The molecule has 0 saturated carbocycles. The number of carbonyl (C=O) groups excluding carboxylic acids is 2. The number of likely N-dealkylation sites (N-methyl/N-ethyl adjacent to an activating group) is 1. The lowest BCUT2D eigenvalue weighted by Crippen LogP contribution is -2.48. The molecular weight excluding hydrogens is 362 g/mol. The second kappa shape index (κ2) is 8.55. The Bertz CT molecular complexity index is 845. The maximum atomic E-state index is 12.8. The molecule has 1 saturated heterocycles. The molecule has 142 valence electrons. The fourth-order valence-electron chi connectivity index (χ4n) is 3.21. The predicted molar refractivity (Wildman–Crippen MR) is 109 cm³/mol. The number of piperazine rings is 1. The second-order valence-corrected chi connectivity index (χ2v) is 7.16. The highest BCUT2D eigenvalue weighted by molar-refractivity contribution is 6.30. The molecule has 1 aliphatic heterocycles. The lowest BCUT2D eigenvalue weighted by molar-refractivity contribution is 0.0643. The zero-order chi connectivity index (χ0) is 19.4. The first kappa shape index (κ1) is 19.4. The second-order valence-electron chi connectivity index (χ2n) is 6.72. The Kier molecular flexibility index (Phi) is 6.14. The summed E-state index contributed by atoms with van der Waals surface area (Å²) < 4.78 is 0. The zero-order valence-electron chi connectivity index (χ0n) is 15.7. The Morgan fingerprint density at radius 1 is 1.04 bits per heavy atom. The molecule has 1 heterocycles. The summed E-state index contributed by atoms with van der Waals surface area (Å²) in [6, 6.07) is 12.2. The van der Waals surface area contributed by atoms with Crippen LogP contribution in [0, 0.1) is 6.92 Å². The van der Waals surface area contributed by atoms with E-state index in [1.54, 1.807) is 42.5 Å². The topological polar surface area (TPSA) is 52.7 Å². The molecule has 3 rings (SSSR count). The number of hydrogen-bond acceptors (Lipinski definition) is 3. The van der Waals surface area contributed by atoms with Gasteiger partial charge in [-0.3, -0.25) is 9.59 Å². The summed E-state index contributed by atoms with van der Waals surface area (Å²) in [5.74, 6) is -0.269. The summed E-state index contributed by atoms with van der Waals surface area (Å²) in [4.78, 5) is 29.6. The van der Waals surface area contributed by atoms with Gasteiger partial charge in [0, 0.05) is 48.0 Å². The van der Waals surface area contributed by atoms with E-state index < -0.39 is 0 Å².